The number of imide groups is 1. The number of nitrogens with zero attached hydrogens (tertiary/aromatic N) is 3. The van der Waals surface area contributed by atoms with E-state index < -0.39 is 23.8 Å². The topological polar surface area (TPSA) is 103 Å². The van der Waals surface area contributed by atoms with Crippen molar-refractivity contribution in [2.24, 2.45) is 10.2 Å². The molecule has 0 aliphatic carbocycles. The molecule has 1 aromatic rings. The predicted molar refractivity (Wildman–Crippen MR) is 93.5 cm³/mol. The van der Waals surface area contributed by atoms with Gasteiger partial charge in [0.1, 0.15) is 17.9 Å². The van der Waals surface area contributed by atoms with Gasteiger partial charge in [-0.05, 0) is 37.5 Å². The van der Waals surface area contributed by atoms with Crippen LogP contribution in [0.2, 0.25) is 0 Å². The summed E-state index contributed by atoms with van der Waals surface area (Å²) in [6.45, 7) is 2.30. The molecule has 2 atom stereocenters. The van der Waals surface area contributed by atoms with E-state index >= 15 is 0 Å². The Kier molecular flexibility index (Phi) is 4.21. The molecule has 4 amide bonds. The summed E-state index contributed by atoms with van der Waals surface area (Å²) < 4.78 is 14.3. The fraction of sp³-hybridized carbons (Fsp3) is 0.389. The first-order valence-electron chi connectivity index (χ1n) is 8.80. The molecule has 0 radical (unpaired) electrons. The number of urea groups is 1. The average Bonchev–Trinajstić information content (AvgIpc) is 2.91. The van der Waals surface area contributed by atoms with Crippen LogP contribution in [0.4, 0.5) is 14.9 Å². The monoisotopic (exact) mass is 371 g/mol. The number of nitrogens with one attached hydrogen (secondary N) is 2. The van der Waals surface area contributed by atoms with Gasteiger partial charge in [0.2, 0.25) is 0 Å². The van der Waals surface area contributed by atoms with Crippen LogP contribution in [0.5, 0.6) is 0 Å². The van der Waals surface area contributed by atoms with Gasteiger partial charge in [0.25, 0.3) is 11.8 Å². The fourth-order valence-electron chi connectivity index (χ4n) is 3.57. The predicted octanol–water partition coefficient (Wildman–Crippen LogP) is 1.81. The Bertz CT molecular complexity index is 910. The van der Waals surface area contributed by atoms with Gasteiger partial charge in [0.15, 0.2) is 0 Å². The molecule has 2 N–H and O–H groups in total. The zero-order valence-electron chi connectivity index (χ0n) is 14.7. The maximum atomic E-state index is 14.3. The molecule has 3 heterocycles. The van der Waals surface area contributed by atoms with Crippen molar-refractivity contribution in [3.05, 3.63) is 40.8 Å². The molecule has 27 heavy (non-hydrogen) atoms. The smallest absolute Gasteiger partial charge is 0.329 e. The SMILES string of the molecule is CC1NC(=O)N(c2cc(CC3N=NC(=O)C4=C3NCCC4)ccc2F)C1=O. The maximum absolute atomic E-state index is 14.3. The lowest BCUT2D eigenvalue weighted by Gasteiger charge is -2.27. The number of benzene rings is 1. The summed E-state index contributed by atoms with van der Waals surface area (Å²) in [6, 6.07) is 2.56. The highest BCUT2D eigenvalue weighted by Gasteiger charge is 2.38. The van der Waals surface area contributed by atoms with Gasteiger partial charge in [-0.2, -0.15) is 5.11 Å². The van der Waals surface area contributed by atoms with Gasteiger partial charge in [-0.1, -0.05) is 6.07 Å². The minimum absolute atomic E-state index is 0.0889. The molecular formula is C18H18FN5O3. The number of anilines is 1. The van der Waals surface area contributed by atoms with Gasteiger partial charge >= 0.3 is 6.03 Å². The maximum Gasteiger partial charge on any atom is 0.329 e. The van der Waals surface area contributed by atoms with Crippen molar-refractivity contribution in [1.29, 1.82) is 0 Å². The lowest BCUT2D eigenvalue weighted by molar-refractivity contribution is -0.118. The third kappa shape index (κ3) is 2.98. The van der Waals surface area contributed by atoms with Crippen LogP contribution in [0, 0.1) is 5.82 Å². The summed E-state index contributed by atoms with van der Waals surface area (Å²) in [5.41, 5.74) is 2.00. The van der Waals surface area contributed by atoms with E-state index in [0.29, 0.717) is 24.0 Å². The lowest BCUT2D eigenvalue weighted by Crippen LogP contribution is -2.34. The van der Waals surface area contributed by atoms with Crippen molar-refractivity contribution in [3.63, 3.8) is 0 Å². The van der Waals surface area contributed by atoms with E-state index in [1.54, 1.807) is 13.0 Å². The van der Waals surface area contributed by atoms with Gasteiger partial charge < -0.3 is 10.6 Å². The van der Waals surface area contributed by atoms with Crippen LogP contribution in [-0.2, 0) is 16.0 Å². The van der Waals surface area contributed by atoms with Gasteiger partial charge in [-0.3, -0.25) is 9.59 Å². The highest BCUT2D eigenvalue weighted by Crippen LogP contribution is 2.29. The molecule has 2 unspecified atom stereocenters. The summed E-state index contributed by atoms with van der Waals surface area (Å²) in [5, 5.41) is 13.5. The Labute approximate surface area is 154 Å². The molecule has 4 rings (SSSR count). The average molecular weight is 371 g/mol. The Morgan fingerprint density at radius 2 is 2.11 bits per heavy atom. The van der Waals surface area contributed by atoms with Crippen LogP contribution in [0.3, 0.4) is 0 Å². The minimum Gasteiger partial charge on any atom is -0.386 e. The summed E-state index contributed by atoms with van der Waals surface area (Å²) in [4.78, 5) is 36.9. The Balaban J connectivity index is 1.63. The highest BCUT2D eigenvalue weighted by atomic mass is 19.1. The van der Waals surface area contributed by atoms with Crippen molar-refractivity contribution >= 4 is 23.5 Å². The van der Waals surface area contributed by atoms with Gasteiger partial charge in [0.05, 0.1) is 5.69 Å². The molecule has 9 heteroatoms. The summed E-state index contributed by atoms with van der Waals surface area (Å²) in [7, 11) is 0. The number of rotatable bonds is 3. The normalized spacial score (nSPS) is 24.8. The van der Waals surface area contributed by atoms with E-state index in [9.17, 15) is 18.8 Å². The molecule has 3 aliphatic heterocycles. The molecule has 0 bridgehead atoms. The van der Waals surface area contributed by atoms with Gasteiger partial charge in [-0.15, -0.1) is 5.11 Å². The number of amides is 4. The van der Waals surface area contributed by atoms with Crippen LogP contribution >= 0.6 is 0 Å². The number of hydrogen-bond donors (Lipinski definition) is 2. The third-order valence-electron chi connectivity index (χ3n) is 4.94. The first-order valence-corrected chi connectivity index (χ1v) is 8.80. The Morgan fingerprint density at radius 1 is 1.30 bits per heavy atom. The Hall–Kier alpha value is -3.10. The van der Waals surface area contributed by atoms with E-state index in [1.807, 2.05) is 0 Å². The van der Waals surface area contributed by atoms with Crippen LogP contribution < -0.4 is 15.5 Å². The number of hydrogen-bond acceptors (Lipinski definition) is 5. The number of carbonyl (C=O) groups excluding carboxylic acids is 3. The van der Waals surface area contributed by atoms with Crippen molar-refractivity contribution < 1.29 is 18.8 Å². The molecule has 3 aliphatic rings. The number of azo groups is 1. The lowest BCUT2D eigenvalue weighted by atomic mass is 9.94. The molecule has 0 aromatic heterocycles. The molecule has 1 fully saturated rings. The molecule has 0 saturated carbocycles. The summed E-state index contributed by atoms with van der Waals surface area (Å²) in [6.07, 6.45) is 1.89. The van der Waals surface area contributed by atoms with Crippen LogP contribution in [0.15, 0.2) is 39.7 Å². The molecule has 1 saturated heterocycles. The van der Waals surface area contributed by atoms with E-state index in [1.165, 1.54) is 12.1 Å². The first-order chi connectivity index (χ1) is 13.0. The largest absolute Gasteiger partial charge is 0.386 e. The molecule has 0 spiro atoms. The van der Waals surface area contributed by atoms with Gasteiger partial charge in [-0.25, -0.2) is 14.1 Å². The summed E-state index contributed by atoms with van der Waals surface area (Å²) in [5.74, 6) is -1.48. The molecule has 1 aromatic carbocycles. The fourth-order valence-corrected chi connectivity index (χ4v) is 3.57. The second kappa shape index (κ2) is 6.57. The van der Waals surface area contributed by atoms with Crippen molar-refractivity contribution in [1.82, 2.24) is 10.6 Å². The van der Waals surface area contributed by atoms with Crippen molar-refractivity contribution in [2.45, 2.75) is 38.3 Å². The third-order valence-corrected chi connectivity index (χ3v) is 4.94. The van der Waals surface area contributed by atoms with E-state index in [0.717, 1.165) is 23.6 Å². The quantitative estimate of drug-likeness (QED) is 0.791. The van der Waals surface area contributed by atoms with Crippen molar-refractivity contribution in [3.8, 4) is 0 Å². The van der Waals surface area contributed by atoms with E-state index in [-0.39, 0.29) is 17.6 Å². The van der Waals surface area contributed by atoms with E-state index in [2.05, 4.69) is 20.9 Å². The molecule has 140 valence electrons. The highest BCUT2D eigenvalue weighted by molar-refractivity contribution is 6.21. The second-order valence-corrected chi connectivity index (χ2v) is 6.79. The number of halogens is 1. The summed E-state index contributed by atoms with van der Waals surface area (Å²) >= 11 is 0. The van der Waals surface area contributed by atoms with Crippen LogP contribution in [-0.4, -0.2) is 36.5 Å². The van der Waals surface area contributed by atoms with Crippen LogP contribution in [0.25, 0.3) is 0 Å². The molecular weight excluding hydrogens is 353 g/mol. The molecule has 8 nitrogen and oxygen atoms in total. The van der Waals surface area contributed by atoms with Crippen molar-refractivity contribution in [2.75, 3.05) is 11.4 Å². The van der Waals surface area contributed by atoms with E-state index in [4.69, 9.17) is 0 Å². The van der Waals surface area contributed by atoms with Crippen LogP contribution in [0.1, 0.15) is 25.3 Å². The zero-order valence-corrected chi connectivity index (χ0v) is 14.7. The second-order valence-electron chi connectivity index (χ2n) is 6.79. The Morgan fingerprint density at radius 3 is 2.85 bits per heavy atom. The standard InChI is InChI=1S/C18H18FN5O3/c1-9-17(26)24(18(27)21-9)14-8-10(4-5-12(14)19)7-13-15-11(3-2-6-20-15)16(25)23-22-13/h4-5,8-9,13,20H,2-3,6-7H2,1H3,(H,21,27). The number of carbonyl (C=O) groups is 3. The first kappa shape index (κ1) is 17.3. The minimum atomic E-state index is -0.696. The van der Waals surface area contributed by atoms with Gasteiger partial charge in [0, 0.05) is 24.2 Å². The zero-order chi connectivity index (χ0) is 19.1.